The van der Waals surface area contributed by atoms with Crippen LogP contribution in [-0.2, 0) is 12.6 Å². The Labute approximate surface area is 148 Å². The van der Waals surface area contributed by atoms with Crippen LogP contribution < -0.4 is 4.90 Å². The molecule has 1 aliphatic rings. The average Bonchev–Trinajstić information content (AvgIpc) is 3.10. The van der Waals surface area contributed by atoms with E-state index in [9.17, 15) is 18.0 Å². The van der Waals surface area contributed by atoms with Crippen LogP contribution in [0, 0.1) is 0 Å². The molecule has 3 nitrogen and oxygen atoms in total. The Balaban J connectivity index is 1.65. The fourth-order valence-corrected chi connectivity index (χ4v) is 3.80. The smallest absolute Gasteiger partial charge is 0.368 e. The molecule has 2 heterocycles. The molecule has 25 heavy (non-hydrogen) atoms. The van der Waals surface area contributed by atoms with Gasteiger partial charge in [0.2, 0.25) is 0 Å². The van der Waals surface area contributed by atoms with Gasteiger partial charge in [0.15, 0.2) is 0 Å². The van der Waals surface area contributed by atoms with Crippen LogP contribution in [0.4, 0.5) is 18.9 Å². The van der Waals surface area contributed by atoms with Crippen LogP contribution in [0.2, 0.25) is 0 Å². The first kappa shape index (κ1) is 17.8. The number of rotatable bonds is 3. The van der Waals surface area contributed by atoms with Gasteiger partial charge >= 0.3 is 6.18 Å². The third-order valence-electron chi connectivity index (χ3n) is 4.33. The Kier molecular flexibility index (Phi) is 5.03. The molecule has 0 aliphatic carbocycles. The third kappa shape index (κ3) is 3.98. The van der Waals surface area contributed by atoms with E-state index in [1.807, 2.05) is 24.0 Å². The summed E-state index contributed by atoms with van der Waals surface area (Å²) in [5.74, 6) is 0.00777. The number of nitrogens with zero attached hydrogens (tertiary/aromatic N) is 2. The molecule has 1 amide bonds. The first-order valence-electron chi connectivity index (χ1n) is 8.18. The normalized spacial score (nSPS) is 15.5. The molecule has 3 rings (SSSR count). The second-order valence-corrected chi connectivity index (χ2v) is 7.12. The first-order chi connectivity index (χ1) is 11.9. The second kappa shape index (κ2) is 7.07. The van der Waals surface area contributed by atoms with Gasteiger partial charge in [-0.2, -0.15) is 13.2 Å². The molecule has 1 fully saturated rings. The summed E-state index contributed by atoms with van der Waals surface area (Å²) < 4.78 is 38.6. The van der Waals surface area contributed by atoms with Gasteiger partial charge in [-0.05, 0) is 36.8 Å². The quantitative estimate of drug-likeness (QED) is 0.807. The van der Waals surface area contributed by atoms with Crippen molar-refractivity contribution in [2.24, 2.45) is 0 Å². The van der Waals surface area contributed by atoms with Crippen molar-refractivity contribution < 1.29 is 18.0 Å². The summed E-state index contributed by atoms with van der Waals surface area (Å²) >= 11 is 1.51. The highest BCUT2D eigenvalue weighted by molar-refractivity contribution is 7.14. The molecule has 1 aromatic carbocycles. The van der Waals surface area contributed by atoms with Gasteiger partial charge in [0.05, 0.1) is 10.4 Å². The minimum absolute atomic E-state index is 0.00777. The predicted octanol–water partition coefficient (Wildman–Crippen LogP) is 4.29. The molecule has 2 aromatic rings. The SMILES string of the molecule is CCc1ccc(C(=O)N2CCN(c3cccc(C(F)(F)F)c3)CC2)s1. The lowest BCUT2D eigenvalue weighted by molar-refractivity contribution is -0.137. The molecule has 1 aromatic heterocycles. The van der Waals surface area contributed by atoms with E-state index in [-0.39, 0.29) is 5.91 Å². The highest BCUT2D eigenvalue weighted by atomic mass is 32.1. The van der Waals surface area contributed by atoms with Crippen LogP contribution in [-0.4, -0.2) is 37.0 Å². The Morgan fingerprint density at radius 2 is 1.84 bits per heavy atom. The van der Waals surface area contributed by atoms with Gasteiger partial charge in [-0.25, -0.2) is 0 Å². The Morgan fingerprint density at radius 3 is 2.44 bits per heavy atom. The van der Waals surface area contributed by atoms with Crippen LogP contribution in [0.5, 0.6) is 0 Å². The van der Waals surface area contributed by atoms with Gasteiger partial charge in [0.1, 0.15) is 0 Å². The number of benzene rings is 1. The van der Waals surface area contributed by atoms with Crippen LogP contribution >= 0.6 is 11.3 Å². The van der Waals surface area contributed by atoms with Crippen molar-refractivity contribution in [2.45, 2.75) is 19.5 Å². The maximum absolute atomic E-state index is 12.9. The van der Waals surface area contributed by atoms with Gasteiger partial charge in [0, 0.05) is 36.7 Å². The van der Waals surface area contributed by atoms with E-state index in [2.05, 4.69) is 0 Å². The topological polar surface area (TPSA) is 23.6 Å². The number of halogens is 3. The number of carbonyl (C=O) groups excluding carboxylic acids is 1. The molecule has 0 N–H and O–H groups in total. The summed E-state index contributed by atoms with van der Waals surface area (Å²) in [6, 6.07) is 9.17. The van der Waals surface area contributed by atoms with Crippen molar-refractivity contribution in [1.29, 1.82) is 0 Å². The van der Waals surface area contributed by atoms with Gasteiger partial charge in [-0.15, -0.1) is 11.3 Å². The summed E-state index contributed by atoms with van der Waals surface area (Å²) in [6.07, 6.45) is -3.44. The van der Waals surface area contributed by atoms with E-state index in [0.29, 0.717) is 31.9 Å². The molecule has 7 heteroatoms. The molecule has 0 bridgehead atoms. The van der Waals surface area contributed by atoms with Crippen LogP contribution in [0.1, 0.15) is 27.0 Å². The first-order valence-corrected chi connectivity index (χ1v) is 9.00. The van der Waals surface area contributed by atoms with Crippen molar-refractivity contribution in [3.63, 3.8) is 0 Å². The van der Waals surface area contributed by atoms with Crippen molar-refractivity contribution >= 4 is 22.9 Å². The number of aryl methyl sites for hydroxylation is 1. The minimum Gasteiger partial charge on any atom is -0.368 e. The summed E-state index contributed by atoms with van der Waals surface area (Å²) in [5, 5.41) is 0. The lowest BCUT2D eigenvalue weighted by Gasteiger charge is -2.36. The number of hydrogen-bond donors (Lipinski definition) is 0. The fourth-order valence-electron chi connectivity index (χ4n) is 2.89. The highest BCUT2D eigenvalue weighted by Crippen LogP contribution is 2.32. The third-order valence-corrected chi connectivity index (χ3v) is 5.54. The van der Waals surface area contributed by atoms with E-state index in [0.717, 1.165) is 17.4 Å². The van der Waals surface area contributed by atoms with E-state index in [1.54, 1.807) is 11.0 Å². The van der Waals surface area contributed by atoms with Crippen LogP contribution in [0.3, 0.4) is 0 Å². The van der Waals surface area contributed by atoms with Crippen LogP contribution in [0.15, 0.2) is 36.4 Å². The zero-order chi connectivity index (χ0) is 18.0. The fraction of sp³-hybridized carbons (Fsp3) is 0.389. The highest BCUT2D eigenvalue weighted by Gasteiger charge is 2.31. The van der Waals surface area contributed by atoms with E-state index >= 15 is 0 Å². The second-order valence-electron chi connectivity index (χ2n) is 5.95. The molecule has 0 atom stereocenters. The standard InChI is InChI=1S/C18H19F3N2OS/c1-2-15-6-7-16(25-15)17(24)23-10-8-22(9-11-23)14-5-3-4-13(12-14)18(19,20)21/h3-7,12H,2,8-11H2,1H3. The number of carbonyl (C=O) groups is 1. The van der Waals surface area contributed by atoms with Gasteiger partial charge < -0.3 is 9.80 Å². The number of anilines is 1. The lowest BCUT2D eigenvalue weighted by atomic mass is 10.1. The monoisotopic (exact) mass is 368 g/mol. The molecule has 0 saturated carbocycles. The van der Waals surface area contributed by atoms with Gasteiger partial charge in [-0.1, -0.05) is 13.0 Å². The lowest BCUT2D eigenvalue weighted by Crippen LogP contribution is -2.48. The maximum atomic E-state index is 12.9. The molecule has 134 valence electrons. The average molecular weight is 368 g/mol. The number of amides is 1. The number of thiophene rings is 1. The number of piperazine rings is 1. The molecule has 1 aliphatic heterocycles. The Bertz CT molecular complexity index is 749. The van der Waals surface area contributed by atoms with Crippen molar-refractivity contribution in [3.05, 3.63) is 51.7 Å². The summed E-state index contributed by atoms with van der Waals surface area (Å²) in [7, 11) is 0. The molecule has 0 unspecified atom stereocenters. The number of alkyl halides is 3. The summed E-state index contributed by atoms with van der Waals surface area (Å²) in [6.45, 7) is 4.12. The molecule has 0 radical (unpaired) electrons. The van der Waals surface area contributed by atoms with Gasteiger partial charge in [-0.3, -0.25) is 4.79 Å². The van der Waals surface area contributed by atoms with E-state index in [1.165, 1.54) is 28.3 Å². The number of hydrogen-bond acceptors (Lipinski definition) is 3. The maximum Gasteiger partial charge on any atom is 0.416 e. The summed E-state index contributed by atoms with van der Waals surface area (Å²) in [5.41, 5.74) is -0.0968. The molecule has 1 saturated heterocycles. The molecule has 0 spiro atoms. The van der Waals surface area contributed by atoms with E-state index < -0.39 is 11.7 Å². The molecular weight excluding hydrogens is 349 g/mol. The Morgan fingerprint density at radius 1 is 1.12 bits per heavy atom. The zero-order valence-corrected chi connectivity index (χ0v) is 14.7. The van der Waals surface area contributed by atoms with Crippen molar-refractivity contribution in [1.82, 2.24) is 4.90 Å². The van der Waals surface area contributed by atoms with Crippen molar-refractivity contribution in [3.8, 4) is 0 Å². The predicted molar refractivity (Wildman–Crippen MR) is 93.3 cm³/mol. The zero-order valence-electron chi connectivity index (χ0n) is 13.8. The van der Waals surface area contributed by atoms with E-state index in [4.69, 9.17) is 0 Å². The van der Waals surface area contributed by atoms with Gasteiger partial charge in [0.25, 0.3) is 5.91 Å². The summed E-state index contributed by atoms with van der Waals surface area (Å²) in [4.78, 5) is 18.1. The largest absolute Gasteiger partial charge is 0.416 e. The Hall–Kier alpha value is -2.02. The van der Waals surface area contributed by atoms with Crippen molar-refractivity contribution in [2.75, 3.05) is 31.1 Å². The molecular formula is C18H19F3N2OS. The van der Waals surface area contributed by atoms with Crippen LogP contribution in [0.25, 0.3) is 0 Å². The minimum atomic E-state index is -4.34.